The molecule has 2 fully saturated rings. The molecule has 2 aliphatic rings. The molecule has 2 N–H and O–H groups in total. The van der Waals surface area contributed by atoms with Crippen molar-refractivity contribution in [2.75, 3.05) is 19.6 Å². The van der Waals surface area contributed by atoms with Crippen LogP contribution in [0.2, 0.25) is 5.02 Å². The number of rotatable bonds is 7. The summed E-state index contributed by atoms with van der Waals surface area (Å²) < 4.78 is 1.50. The second-order valence-electron chi connectivity index (χ2n) is 9.17. The fourth-order valence-corrected chi connectivity index (χ4v) is 4.82. The summed E-state index contributed by atoms with van der Waals surface area (Å²) >= 11 is 6.36. The van der Waals surface area contributed by atoms with Gasteiger partial charge in [0.15, 0.2) is 0 Å². The Hall–Kier alpha value is -2.90. The molecule has 172 valence electrons. The first kappa shape index (κ1) is 21.9. The first-order chi connectivity index (χ1) is 16.0. The smallest absolute Gasteiger partial charge is 0.329 e. The Morgan fingerprint density at radius 3 is 2.76 bits per heavy atom. The summed E-state index contributed by atoms with van der Waals surface area (Å²) in [7, 11) is 0. The van der Waals surface area contributed by atoms with Crippen LogP contribution in [-0.2, 0) is 6.54 Å². The fourth-order valence-electron chi connectivity index (χ4n) is 4.62. The number of carbonyl (C=O) groups is 1. The van der Waals surface area contributed by atoms with E-state index in [9.17, 15) is 14.4 Å². The molecule has 5 rings (SSSR count). The Morgan fingerprint density at radius 2 is 1.94 bits per heavy atom. The van der Waals surface area contributed by atoms with Crippen molar-refractivity contribution < 1.29 is 4.79 Å². The van der Waals surface area contributed by atoms with Gasteiger partial charge in [-0.1, -0.05) is 42.6 Å². The molecular weight excluding hydrogens is 440 g/mol. The van der Waals surface area contributed by atoms with Crippen molar-refractivity contribution in [3.63, 3.8) is 0 Å². The standard InChI is InChI=1S/C25H27ClN4O3/c26-21-8-7-17(14-30-22-4-2-1-3-19(22)23(31)28-25(30)33)13-20(21)24(32)27-18-10-12-29(15-18)11-9-16-5-6-16/h1-4,7-8,13,16,18H,5-6,9-12,14-15H2,(H,27,32)(H,28,31,33). The summed E-state index contributed by atoms with van der Waals surface area (Å²) in [5, 5.41) is 3.94. The molecule has 8 heteroatoms. The Balaban J connectivity index is 1.32. The molecular formula is C25H27ClN4O3. The van der Waals surface area contributed by atoms with Crippen molar-refractivity contribution in [2.24, 2.45) is 5.92 Å². The minimum atomic E-state index is -0.489. The number of carbonyl (C=O) groups excluding carboxylic acids is 1. The van der Waals surface area contributed by atoms with Crippen LogP contribution in [0.25, 0.3) is 10.9 Å². The minimum absolute atomic E-state index is 0.113. The number of fused-ring (bicyclic) bond motifs is 1. The van der Waals surface area contributed by atoms with Gasteiger partial charge in [-0.25, -0.2) is 4.79 Å². The van der Waals surface area contributed by atoms with Gasteiger partial charge in [0, 0.05) is 19.1 Å². The van der Waals surface area contributed by atoms with E-state index in [-0.39, 0.29) is 18.5 Å². The van der Waals surface area contributed by atoms with E-state index in [1.165, 1.54) is 23.8 Å². The molecule has 1 aliphatic heterocycles. The van der Waals surface area contributed by atoms with E-state index in [0.717, 1.165) is 37.5 Å². The van der Waals surface area contributed by atoms with Gasteiger partial charge in [-0.3, -0.25) is 19.1 Å². The molecule has 2 heterocycles. The van der Waals surface area contributed by atoms with Gasteiger partial charge in [0.05, 0.1) is 28.0 Å². The number of halogens is 1. The zero-order chi connectivity index (χ0) is 22.9. The van der Waals surface area contributed by atoms with Gasteiger partial charge in [-0.2, -0.15) is 0 Å². The second kappa shape index (κ2) is 9.15. The molecule has 7 nitrogen and oxygen atoms in total. The van der Waals surface area contributed by atoms with Crippen LogP contribution in [0.4, 0.5) is 0 Å². The lowest BCUT2D eigenvalue weighted by Crippen LogP contribution is -2.37. The molecule has 1 saturated carbocycles. The van der Waals surface area contributed by atoms with Gasteiger partial charge >= 0.3 is 5.69 Å². The highest BCUT2D eigenvalue weighted by Gasteiger charge is 2.27. The number of nitrogens with one attached hydrogen (secondary N) is 2. The lowest BCUT2D eigenvalue weighted by Gasteiger charge is -2.17. The lowest BCUT2D eigenvalue weighted by molar-refractivity contribution is 0.0937. The topological polar surface area (TPSA) is 87.2 Å². The molecule has 1 atom stereocenters. The number of H-pyrrole nitrogens is 1. The van der Waals surface area contributed by atoms with Gasteiger partial charge in [-0.15, -0.1) is 0 Å². The molecule has 1 aliphatic carbocycles. The molecule has 0 bridgehead atoms. The molecule has 2 aromatic carbocycles. The number of nitrogens with zero attached hydrogens (tertiary/aromatic N) is 2. The minimum Gasteiger partial charge on any atom is -0.348 e. The first-order valence-corrected chi connectivity index (χ1v) is 11.9. The summed E-state index contributed by atoms with van der Waals surface area (Å²) in [4.78, 5) is 42.4. The Bertz CT molecular complexity index is 1310. The Morgan fingerprint density at radius 1 is 1.12 bits per heavy atom. The van der Waals surface area contributed by atoms with Crippen LogP contribution >= 0.6 is 11.6 Å². The van der Waals surface area contributed by atoms with Crippen LogP contribution < -0.4 is 16.6 Å². The number of hydrogen-bond donors (Lipinski definition) is 2. The van der Waals surface area contributed by atoms with Crippen molar-refractivity contribution >= 4 is 28.4 Å². The third-order valence-corrected chi connectivity index (χ3v) is 7.01. The number of likely N-dealkylation sites (tertiary alicyclic amines) is 1. The van der Waals surface area contributed by atoms with E-state index < -0.39 is 11.2 Å². The average molecular weight is 467 g/mol. The number of amides is 1. The molecule has 0 spiro atoms. The van der Waals surface area contributed by atoms with Crippen molar-refractivity contribution in [1.29, 1.82) is 0 Å². The maximum Gasteiger partial charge on any atom is 0.329 e. The van der Waals surface area contributed by atoms with Gasteiger partial charge in [0.25, 0.3) is 11.5 Å². The van der Waals surface area contributed by atoms with Crippen molar-refractivity contribution in [3.05, 3.63) is 79.5 Å². The maximum atomic E-state index is 13.0. The number of aromatic amines is 1. The van der Waals surface area contributed by atoms with E-state index in [4.69, 9.17) is 11.6 Å². The summed E-state index contributed by atoms with van der Waals surface area (Å²) in [6.07, 6.45) is 4.92. The molecule has 1 aromatic heterocycles. The summed E-state index contributed by atoms with van der Waals surface area (Å²) in [5.41, 5.74) is 0.792. The van der Waals surface area contributed by atoms with Crippen LogP contribution in [0.3, 0.4) is 0 Å². The largest absolute Gasteiger partial charge is 0.348 e. The lowest BCUT2D eigenvalue weighted by atomic mass is 10.1. The Labute approximate surface area is 196 Å². The molecule has 0 radical (unpaired) electrons. The molecule has 1 unspecified atom stereocenters. The molecule has 1 amide bonds. The van der Waals surface area contributed by atoms with Crippen LogP contribution in [-0.4, -0.2) is 46.0 Å². The predicted molar refractivity (Wildman–Crippen MR) is 129 cm³/mol. The first-order valence-electron chi connectivity index (χ1n) is 11.5. The summed E-state index contributed by atoms with van der Waals surface area (Å²) in [5.74, 6) is 0.710. The number of hydrogen-bond acceptors (Lipinski definition) is 4. The number of para-hydroxylation sites is 1. The fraction of sp³-hybridized carbons (Fsp3) is 0.400. The SMILES string of the molecule is O=C(NC1CCN(CCC2CC2)C1)c1cc(Cn2c(=O)[nH]c(=O)c3ccccc32)ccc1Cl. The molecule has 3 aromatic rings. The van der Waals surface area contributed by atoms with E-state index in [1.807, 2.05) is 0 Å². The van der Waals surface area contributed by atoms with E-state index in [2.05, 4.69) is 15.2 Å². The normalized spacial score (nSPS) is 18.6. The van der Waals surface area contributed by atoms with E-state index in [0.29, 0.717) is 21.5 Å². The van der Waals surface area contributed by atoms with Gasteiger partial charge in [0.1, 0.15) is 0 Å². The monoisotopic (exact) mass is 466 g/mol. The van der Waals surface area contributed by atoms with E-state index >= 15 is 0 Å². The van der Waals surface area contributed by atoms with Gasteiger partial charge in [0.2, 0.25) is 0 Å². The number of benzene rings is 2. The van der Waals surface area contributed by atoms with Gasteiger partial charge < -0.3 is 10.2 Å². The predicted octanol–water partition coefficient (Wildman–Crippen LogP) is 3.00. The van der Waals surface area contributed by atoms with Crippen molar-refractivity contribution in [1.82, 2.24) is 19.8 Å². The average Bonchev–Trinajstić information content (AvgIpc) is 3.54. The number of aromatic nitrogens is 2. The highest BCUT2D eigenvalue weighted by Crippen LogP contribution is 2.32. The van der Waals surface area contributed by atoms with Crippen LogP contribution in [0.15, 0.2) is 52.1 Å². The third kappa shape index (κ3) is 4.89. The molecule has 1 saturated heterocycles. The van der Waals surface area contributed by atoms with Crippen molar-refractivity contribution in [3.8, 4) is 0 Å². The highest BCUT2D eigenvalue weighted by atomic mass is 35.5. The summed E-state index contributed by atoms with van der Waals surface area (Å²) in [6, 6.07) is 12.3. The van der Waals surface area contributed by atoms with Crippen LogP contribution in [0.1, 0.15) is 41.6 Å². The summed E-state index contributed by atoms with van der Waals surface area (Å²) in [6.45, 7) is 3.20. The third-order valence-electron chi connectivity index (χ3n) is 6.68. The second-order valence-corrected chi connectivity index (χ2v) is 9.58. The van der Waals surface area contributed by atoms with Crippen molar-refractivity contribution in [2.45, 2.75) is 38.3 Å². The van der Waals surface area contributed by atoms with E-state index in [1.54, 1.807) is 42.5 Å². The Kier molecular flexibility index (Phi) is 6.08. The zero-order valence-corrected chi connectivity index (χ0v) is 19.1. The quantitative estimate of drug-likeness (QED) is 0.560. The molecule has 33 heavy (non-hydrogen) atoms. The van der Waals surface area contributed by atoms with Crippen LogP contribution in [0.5, 0.6) is 0 Å². The van der Waals surface area contributed by atoms with Gasteiger partial charge in [-0.05, 0) is 55.1 Å². The maximum absolute atomic E-state index is 13.0. The zero-order valence-electron chi connectivity index (χ0n) is 18.4. The highest BCUT2D eigenvalue weighted by molar-refractivity contribution is 6.33. The van der Waals surface area contributed by atoms with Crippen LogP contribution in [0, 0.1) is 5.92 Å².